The van der Waals surface area contributed by atoms with E-state index in [2.05, 4.69) is 0 Å². The van der Waals surface area contributed by atoms with Crippen molar-refractivity contribution in [3.05, 3.63) is 0 Å². The molecule has 0 aromatic carbocycles. The topological polar surface area (TPSA) is 34.1 Å². The van der Waals surface area contributed by atoms with Crippen molar-refractivity contribution < 1.29 is 12.3 Å². The first kappa shape index (κ1) is 8.01. The van der Waals surface area contributed by atoms with Gasteiger partial charge in [-0.2, -0.15) is 8.42 Å². The fourth-order valence-corrected chi connectivity index (χ4v) is 2.44. The molecule has 1 fully saturated rings. The van der Waals surface area contributed by atoms with Gasteiger partial charge in [-0.25, -0.2) is 3.89 Å². The average Bonchev–Trinajstić information content (AvgIpc) is 2.38. The molecule has 10 heavy (non-hydrogen) atoms. The molecule has 0 N–H and O–H groups in total. The second-order valence-corrected chi connectivity index (χ2v) is 6.40. The largest absolute Gasteiger partial charge is 0.299 e. The predicted molar refractivity (Wildman–Crippen MR) is 40.0 cm³/mol. The molecule has 4 heteroatoms. The summed E-state index contributed by atoms with van der Waals surface area (Å²) in [5.41, 5.74) is 0. The van der Waals surface area contributed by atoms with Crippen LogP contribution < -0.4 is 0 Å². The van der Waals surface area contributed by atoms with Gasteiger partial charge in [0.2, 0.25) is 0 Å². The summed E-state index contributed by atoms with van der Waals surface area (Å²) in [5.74, 6) is 0. The van der Waals surface area contributed by atoms with E-state index in [1.807, 2.05) is 0 Å². The summed E-state index contributed by atoms with van der Waals surface area (Å²) in [5, 5.41) is -0.0486. The molecule has 1 aliphatic rings. The standard InChI is InChI=1S/C6H14NO2S/c1-7(2,3)10(8,9)6-4-5-6/h6H,4-5H2,1-3H3/q+1. The first-order chi connectivity index (χ1) is 4.36. The highest BCUT2D eigenvalue weighted by molar-refractivity contribution is 7.86. The van der Waals surface area contributed by atoms with Crippen LogP contribution in [0.2, 0.25) is 0 Å². The monoisotopic (exact) mass is 164 g/mol. The fourth-order valence-electron chi connectivity index (χ4n) is 0.813. The van der Waals surface area contributed by atoms with Gasteiger partial charge < -0.3 is 0 Å². The van der Waals surface area contributed by atoms with E-state index in [4.69, 9.17) is 0 Å². The predicted octanol–water partition coefficient (Wildman–Crippen LogP) is 0.185. The number of quaternary nitrogens is 1. The third-order valence-electron chi connectivity index (χ3n) is 1.71. The van der Waals surface area contributed by atoms with Crippen LogP contribution in [0.3, 0.4) is 0 Å². The van der Waals surface area contributed by atoms with Crippen molar-refractivity contribution in [2.75, 3.05) is 21.1 Å². The van der Waals surface area contributed by atoms with Crippen LogP contribution in [-0.4, -0.2) is 38.7 Å². The number of hydrogen-bond acceptors (Lipinski definition) is 2. The lowest BCUT2D eigenvalue weighted by Crippen LogP contribution is -2.43. The number of hydrogen-bond donors (Lipinski definition) is 0. The summed E-state index contributed by atoms with van der Waals surface area (Å²) in [6, 6.07) is 0. The second kappa shape index (κ2) is 1.95. The highest BCUT2D eigenvalue weighted by Crippen LogP contribution is 2.31. The minimum absolute atomic E-state index is 0.0486. The zero-order valence-corrected chi connectivity index (χ0v) is 7.48. The first-order valence-corrected chi connectivity index (χ1v) is 4.91. The van der Waals surface area contributed by atoms with Gasteiger partial charge in [-0.3, -0.25) is 0 Å². The zero-order chi connectivity index (χ0) is 7.99. The van der Waals surface area contributed by atoms with Gasteiger partial charge in [0.1, 0.15) is 5.25 Å². The van der Waals surface area contributed by atoms with Crippen LogP contribution in [0, 0.1) is 0 Å². The second-order valence-electron chi connectivity index (χ2n) is 3.60. The molecule has 0 aromatic heterocycles. The van der Waals surface area contributed by atoms with Crippen molar-refractivity contribution >= 4 is 10.0 Å². The molecule has 0 aromatic rings. The van der Waals surface area contributed by atoms with Gasteiger partial charge in [-0.15, -0.1) is 0 Å². The van der Waals surface area contributed by atoms with E-state index < -0.39 is 10.0 Å². The summed E-state index contributed by atoms with van der Waals surface area (Å²) >= 11 is 0. The van der Waals surface area contributed by atoms with Gasteiger partial charge in [0.25, 0.3) is 10.0 Å². The van der Waals surface area contributed by atoms with Crippen molar-refractivity contribution in [3.8, 4) is 0 Å². The van der Waals surface area contributed by atoms with E-state index >= 15 is 0 Å². The lowest BCUT2D eigenvalue weighted by molar-refractivity contribution is -0.739. The number of sulfonamides is 1. The molecular weight excluding hydrogens is 150 g/mol. The molecule has 0 bridgehead atoms. The molecule has 0 heterocycles. The van der Waals surface area contributed by atoms with E-state index in [1.165, 1.54) is 0 Å². The smallest absolute Gasteiger partial charge is 0.226 e. The minimum atomic E-state index is -2.87. The fraction of sp³-hybridized carbons (Fsp3) is 1.00. The molecule has 1 rings (SSSR count). The van der Waals surface area contributed by atoms with Gasteiger partial charge in [0.15, 0.2) is 0 Å². The summed E-state index contributed by atoms with van der Waals surface area (Å²) in [4.78, 5) is 0. The van der Waals surface area contributed by atoms with Crippen LogP contribution in [0.1, 0.15) is 12.8 Å². The van der Waals surface area contributed by atoms with E-state index in [1.54, 1.807) is 21.1 Å². The van der Waals surface area contributed by atoms with Crippen molar-refractivity contribution in [3.63, 3.8) is 0 Å². The molecule has 0 radical (unpaired) electrons. The van der Waals surface area contributed by atoms with Crippen LogP contribution in [0.15, 0.2) is 0 Å². The quantitative estimate of drug-likeness (QED) is 0.546. The molecule has 0 unspecified atom stereocenters. The molecule has 60 valence electrons. The van der Waals surface area contributed by atoms with E-state index in [9.17, 15) is 8.42 Å². The molecular formula is C6H14NO2S+. The van der Waals surface area contributed by atoms with Gasteiger partial charge in [0.05, 0.1) is 21.1 Å². The van der Waals surface area contributed by atoms with Gasteiger partial charge >= 0.3 is 0 Å². The van der Waals surface area contributed by atoms with Crippen molar-refractivity contribution in [2.45, 2.75) is 18.1 Å². The zero-order valence-electron chi connectivity index (χ0n) is 6.66. The van der Waals surface area contributed by atoms with E-state index in [0.29, 0.717) is 0 Å². The van der Waals surface area contributed by atoms with Crippen molar-refractivity contribution in [1.29, 1.82) is 0 Å². The third kappa shape index (κ3) is 1.18. The summed E-state index contributed by atoms with van der Waals surface area (Å²) in [6.07, 6.45) is 1.72. The molecule has 0 spiro atoms. The van der Waals surface area contributed by atoms with Crippen LogP contribution >= 0.6 is 0 Å². The van der Waals surface area contributed by atoms with Gasteiger partial charge in [-0.05, 0) is 12.8 Å². The molecule has 1 aliphatic carbocycles. The molecule has 0 saturated heterocycles. The number of rotatable bonds is 2. The molecule has 0 aliphatic heterocycles. The Labute approximate surface area is 62.3 Å². The highest BCUT2D eigenvalue weighted by atomic mass is 32.2. The summed E-state index contributed by atoms with van der Waals surface area (Å²) in [7, 11) is 2.24. The lowest BCUT2D eigenvalue weighted by atomic mass is 11.0. The van der Waals surface area contributed by atoms with Gasteiger partial charge in [0, 0.05) is 0 Å². The average molecular weight is 164 g/mol. The van der Waals surface area contributed by atoms with E-state index in [-0.39, 0.29) is 9.14 Å². The Morgan fingerprint density at radius 3 is 1.70 bits per heavy atom. The summed E-state index contributed by atoms with van der Waals surface area (Å²) < 4.78 is 22.8. The van der Waals surface area contributed by atoms with Gasteiger partial charge in [-0.1, -0.05) is 0 Å². The first-order valence-electron chi connectivity index (χ1n) is 3.41. The highest BCUT2D eigenvalue weighted by Gasteiger charge is 2.44. The SMILES string of the molecule is C[N+](C)(C)S(=O)(=O)C1CC1. The normalized spacial score (nSPS) is 21.1. The van der Waals surface area contributed by atoms with Crippen molar-refractivity contribution in [2.24, 2.45) is 0 Å². The van der Waals surface area contributed by atoms with Crippen LogP contribution in [0.25, 0.3) is 0 Å². The molecule has 0 atom stereocenters. The Hall–Kier alpha value is -0.0900. The van der Waals surface area contributed by atoms with Crippen molar-refractivity contribution in [1.82, 2.24) is 0 Å². The van der Waals surface area contributed by atoms with E-state index in [0.717, 1.165) is 12.8 Å². The Balaban J connectivity index is 2.88. The summed E-state index contributed by atoms with van der Waals surface area (Å²) in [6.45, 7) is 0. The maximum Gasteiger partial charge on any atom is 0.299 e. The lowest BCUT2D eigenvalue weighted by Gasteiger charge is -2.22. The third-order valence-corrected chi connectivity index (χ3v) is 4.55. The Bertz CT molecular complexity index is 221. The Morgan fingerprint density at radius 2 is 1.60 bits per heavy atom. The molecule has 0 amide bonds. The van der Waals surface area contributed by atoms with Crippen LogP contribution in [0.4, 0.5) is 0 Å². The van der Waals surface area contributed by atoms with Crippen LogP contribution in [0.5, 0.6) is 0 Å². The van der Waals surface area contributed by atoms with Crippen LogP contribution in [-0.2, 0) is 10.0 Å². The molecule has 3 nitrogen and oxygen atoms in total. The Morgan fingerprint density at radius 1 is 1.20 bits per heavy atom. The number of nitrogens with zero attached hydrogens (tertiary/aromatic N) is 1. The maximum atomic E-state index is 11.4. The molecule has 1 saturated carbocycles. The minimum Gasteiger partial charge on any atom is -0.226 e. The maximum absolute atomic E-state index is 11.4. The Kier molecular flexibility index (Phi) is 1.56.